The summed E-state index contributed by atoms with van der Waals surface area (Å²) < 4.78 is 68.5. The molecule has 5 nitrogen and oxygen atoms in total. The van der Waals surface area contributed by atoms with Crippen LogP contribution in [0.2, 0.25) is 5.02 Å². The van der Waals surface area contributed by atoms with Gasteiger partial charge >= 0.3 is 6.18 Å². The van der Waals surface area contributed by atoms with E-state index >= 15 is 0 Å². The lowest BCUT2D eigenvalue weighted by molar-refractivity contribution is -0.137. The highest BCUT2D eigenvalue weighted by Crippen LogP contribution is 2.35. The van der Waals surface area contributed by atoms with Gasteiger partial charge in [-0.05, 0) is 50.6 Å². The molecule has 1 aromatic heterocycles. The lowest BCUT2D eigenvalue weighted by Gasteiger charge is -2.22. The fraction of sp³-hybridized carbons (Fsp3) is 0.269. The van der Waals surface area contributed by atoms with Gasteiger partial charge in [0.2, 0.25) is 5.95 Å². The molecule has 0 saturated heterocycles. The number of hydrogen-bond donors (Lipinski definition) is 3. The van der Waals surface area contributed by atoms with Crippen molar-refractivity contribution >= 4 is 34.3 Å². The first-order valence-corrected chi connectivity index (χ1v) is 11.6. The molecule has 0 radical (unpaired) electrons. The third-order valence-electron chi connectivity index (χ3n) is 5.62. The quantitative estimate of drug-likeness (QED) is 0.177. The highest BCUT2D eigenvalue weighted by molar-refractivity contribution is 6.31. The molecule has 0 aliphatic carbocycles. The molecule has 0 fully saturated rings. The molecule has 0 aliphatic rings. The van der Waals surface area contributed by atoms with Gasteiger partial charge in [-0.3, -0.25) is 0 Å². The fourth-order valence-corrected chi connectivity index (χ4v) is 3.96. The van der Waals surface area contributed by atoms with Crippen LogP contribution in [0.1, 0.15) is 37.5 Å². The molecule has 3 N–H and O–H groups in total. The summed E-state index contributed by atoms with van der Waals surface area (Å²) in [6.45, 7) is 6.20. The van der Waals surface area contributed by atoms with Crippen LogP contribution < -0.4 is 10.6 Å². The van der Waals surface area contributed by atoms with Crippen LogP contribution in [0.25, 0.3) is 11.0 Å². The summed E-state index contributed by atoms with van der Waals surface area (Å²) in [5.41, 5.74) is 0.452. The number of halogens is 6. The Morgan fingerprint density at radius 2 is 1.62 bits per heavy atom. The molecule has 0 saturated carbocycles. The van der Waals surface area contributed by atoms with Crippen LogP contribution in [0, 0.1) is 11.6 Å². The Bertz CT molecular complexity index is 1440. The average molecular weight is 539 g/mol. The molecule has 37 heavy (non-hydrogen) atoms. The number of rotatable bonds is 6. The molecular formula is C26H24ClF5N4O. The lowest BCUT2D eigenvalue weighted by Crippen LogP contribution is -2.35. The van der Waals surface area contributed by atoms with E-state index in [1.807, 2.05) is 20.8 Å². The molecule has 0 atom stereocenters. The zero-order valence-corrected chi connectivity index (χ0v) is 20.9. The summed E-state index contributed by atoms with van der Waals surface area (Å²) in [7, 11) is 0. The summed E-state index contributed by atoms with van der Waals surface area (Å²) in [5.74, 6) is -2.20. The van der Waals surface area contributed by atoms with Crippen molar-refractivity contribution < 1.29 is 27.1 Å². The second-order valence-electron chi connectivity index (χ2n) is 9.66. The molecule has 0 aliphatic heterocycles. The Balaban J connectivity index is 1.75. The van der Waals surface area contributed by atoms with Gasteiger partial charge in [-0.25, -0.2) is 13.8 Å². The Hall–Kier alpha value is -3.37. The van der Waals surface area contributed by atoms with E-state index in [-0.39, 0.29) is 40.5 Å². The van der Waals surface area contributed by atoms with E-state index < -0.39 is 23.4 Å². The molecule has 3 aromatic carbocycles. The molecule has 0 spiro atoms. The second-order valence-corrected chi connectivity index (χ2v) is 10.1. The van der Waals surface area contributed by atoms with Crippen LogP contribution in [0.5, 0.6) is 5.75 Å². The molecule has 0 amide bonds. The van der Waals surface area contributed by atoms with Crippen LogP contribution in [0.15, 0.2) is 48.5 Å². The number of anilines is 2. The minimum Gasteiger partial charge on any atom is -0.505 e. The second kappa shape index (κ2) is 9.83. The van der Waals surface area contributed by atoms with Crippen molar-refractivity contribution in [2.75, 3.05) is 5.32 Å². The molecule has 0 bridgehead atoms. The van der Waals surface area contributed by atoms with Crippen molar-refractivity contribution in [3.63, 3.8) is 0 Å². The Kier molecular flexibility index (Phi) is 7.09. The normalized spacial score (nSPS) is 12.4. The highest BCUT2D eigenvalue weighted by Gasteiger charge is 2.30. The van der Waals surface area contributed by atoms with Crippen molar-refractivity contribution in [2.24, 2.45) is 0 Å². The third kappa shape index (κ3) is 6.14. The van der Waals surface area contributed by atoms with Crippen molar-refractivity contribution in [3.8, 4) is 5.75 Å². The first-order valence-electron chi connectivity index (χ1n) is 11.3. The van der Waals surface area contributed by atoms with E-state index in [9.17, 15) is 27.1 Å². The van der Waals surface area contributed by atoms with Gasteiger partial charge in [0.15, 0.2) is 11.6 Å². The van der Waals surface area contributed by atoms with E-state index in [1.165, 1.54) is 22.8 Å². The first-order chi connectivity index (χ1) is 17.2. The van der Waals surface area contributed by atoms with Gasteiger partial charge in [0.1, 0.15) is 5.75 Å². The number of nitrogens with zero attached hydrogens (tertiary/aromatic N) is 2. The molecular weight excluding hydrogens is 515 g/mol. The van der Waals surface area contributed by atoms with Gasteiger partial charge in [-0.15, -0.1) is 0 Å². The Labute approximate surface area is 214 Å². The van der Waals surface area contributed by atoms with Crippen molar-refractivity contribution in [2.45, 2.75) is 45.6 Å². The number of phenolic OH excluding ortho intramolecular Hbond substituents is 1. The zero-order chi connectivity index (χ0) is 27.1. The summed E-state index contributed by atoms with van der Waals surface area (Å²) in [5, 5.41) is 17.5. The minimum atomic E-state index is -4.49. The number of nitrogens with one attached hydrogen (secondary N) is 2. The number of benzene rings is 3. The summed E-state index contributed by atoms with van der Waals surface area (Å²) in [4.78, 5) is 4.34. The fourth-order valence-electron chi connectivity index (χ4n) is 3.72. The Morgan fingerprint density at radius 3 is 2.24 bits per heavy atom. The summed E-state index contributed by atoms with van der Waals surface area (Å²) in [6.07, 6.45) is -4.49. The van der Waals surface area contributed by atoms with Gasteiger partial charge in [-0.2, -0.15) is 13.2 Å². The standard InChI is InChI=1S/C26H24ClF5N4O/c1-25(2,3)33-12-15-8-17(27)9-21(23(15)37)35-24-34-20-10-18(28)19(29)11-22(20)36(24)13-14-4-6-16(7-5-14)26(30,31)32/h4-11,33,37H,12-13H2,1-3H3,(H,34,35). The molecule has 4 aromatic rings. The molecule has 0 unspecified atom stereocenters. The van der Waals surface area contributed by atoms with E-state index in [0.717, 1.165) is 24.3 Å². The number of fused-ring (bicyclic) bond motifs is 1. The number of aromatic nitrogens is 2. The van der Waals surface area contributed by atoms with E-state index in [4.69, 9.17) is 11.6 Å². The van der Waals surface area contributed by atoms with Gasteiger partial charge in [-0.1, -0.05) is 23.7 Å². The van der Waals surface area contributed by atoms with E-state index in [0.29, 0.717) is 22.7 Å². The minimum absolute atomic E-state index is 0.0121. The number of aromatic hydroxyl groups is 1. The predicted molar refractivity (Wildman–Crippen MR) is 133 cm³/mol. The monoisotopic (exact) mass is 538 g/mol. The van der Waals surface area contributed by atoms with Gasteiger partial charge in [0.25, 0.3) is 0 Å². The van der Waals surface area contributed by atoms with E-state index in [1.54, 1.807) is 6.07 Å². The molecule has 196 valence electrons. The summed E-state index contributed by atoms with van der Waals surface area (Å²) in [6, 6.07) is 9.45. The average Bonchev–Trinajstić information content (AvgIpc) is 3.10. The summed E-state index contributed by atoms with van der Waals surface area (Å²) >= 11 is 6.28. The van der Waals surface area contributed by atoms with Crippen LogP contribution in [0.3, 0.4) is 0 Å². The molecule has 4 rings (SSSR count). The maximum Gasteiger partial charge on any atom is 0.416 e. The van der Waals surface area contributed by atoms with Crippen molar-refractivity contribution in [1.82, 2.24) is 14.9 Å². The molecule has 1 heterocycles. The van der Waals surface area contributed by atoms with Crippen LogP contribution in [-0.2, 0) is 19.3 Å². The number of alkyl halides is 3. The largest absolute Gasteiger partial charge is 0.505 e. The van der Waals surface area contributed by atoms with Crippen molar-refractivity contribution in [1.29, 1.82) is 0 Å². The van der Waals surface area contributed by atoms with Gasteiger partial charge < -0.3 is 20.3 Å². The molecule has 11 heteroatoms. The van der Waals surface area contributed by atoms with Gasteiger partial charge in [0, 0.05) is 34.8 Å². The predicted octanol–water partition coefficient (Wildman–Crippen LogP) is 7.37. The Morgan fingerprint density at radius 1 is 0.973 bits per heavy atom. The maximum absolute atomic E-state index is 14.1. The number of phenols is 1. The topological polar surface area (TPSA) is 62.1 Å². The van der Waals surface area contributed by atoms with Crippen LogP contribution in [0.4, 0.5) is 33.6 Å². The third-order valence-corrected chi connectivity index (χ3v) is 5.84. The van der Waals surface area contributed by atoms with E-state index in [2.05, 4.69) is 15.6 Å². The first kappa shape index (κ1) is 26.7. The van der Waals surface area contributed by atoms with Crippen LogP contribution in [-0.4, -0.2) is 20.2 Å². The van der Waals surface area contributed by atoms with Crippen molar-refractivity contribution in [3.05, 3.63) is 81.9 Å². The number of hydrogen-bond acceptors (Lipinski definition) is 4. The highest BCUT2D eigenvalue weighted by atomic mass is 35.5. The van der Waals surface area contributed by atoms with Gasteiger partial charge in [0.05, 0.1) is 28.8 Å². The zero-order valence-electron chi connectivity index (χ0n) is 20.1. The smallest absolute Gasteiger partial charge is 0.416 e. The van der Waals surface area contributed by atoms with Crippen LogP contribution >= 0.6 is 11.6 Å². The maximum atomic E-state index is 14.1. The number of imidazole rings is 1. The SMILES string of the molecule is CC(C)(C)NCc1cc(Cl)cc(Nc2nc3cc(F)c(F)cc3n2Cc2ccc(C(F)(F)F)cc2)c1O. The lowest BCUT2D eigenvalue weighted by atomic mass is 10.1.